The molecule has 0 radical (unpaired) electrons. The zero-order valence-electron chi connectivity index (χ0n) is 10.1. The van der Waals surface area contributed by atoms with E-state index in [9.17, 15) is 4.79 Å². The minimum absolute atomic E-state index is 0. The maximum atomic E-state index is 12.0. The highest BCUT2D eigenvalue weighted by atomic mass is 35.5. The first-order valence-corrected chi connectivity index (χ1v) is 6.24. The van der Waals surface area contributed by atoms with Crippen LogP contribution in [0.25, 0.3) is 0 Å². The number of rotatable bonds is 3. The minimum Gasteiger partial charge on any atom is -0.341 e. The molecule has 94 valence electrons. The fraction of sp³-hybridized carbons (Fsp3) is 0.917. The summed E-state index contributed by atoms with van der Waals surface area (Å²) in [6.45, 7) is 2.04. The first kappa shape index (κ1) is 13.8. The van der Waals surface area contributed by atoms with Gasteiger partial charge in [0.25, 0.3) is 0 Å². The van der Waals surface area contributed by atoms with Gasteiger partial charge in [0.2, 0.25) is 5.91 Å². The summed E-state index contributed by atoms with van der Waals surface area (Å²) < 4.78 is 0. The number of halogens is 1. The first-order valence-electron chi connectivity index (χ1n) is 6.24. The van der Waals surface area contributed by atoms with Gasteiger partial charge in [-0.2, -0.15) is 0 Å². The zero-order chi connectivity index (χ0) is 10.7. The standard InChI is InChI=1S/C12H22N2O.ClH/c1-14(11-6-7-13-9-11)12(15)8-10-4-2-3-5-10;/h10-11,13H,2-9H2,1H3;1H/t11-;/m1./s1. The van der Waals surface area contributed by atoms with Crippen molar-refractivity contribution in [1.29, 1.82) is 0 Å². The normalized spacial score (nSPS) is 25.4. The van der Waals surface area contributed by atoms with Crippen LogP contribution in [0.3, 0.4) is 0 Å². The molecule has 3 nitrogen and oxygen atoms in total. The lowest BCUT2D eigenvalue weighted by Gasteiger charge is -2.25. The fourth-order valence-corrected chi connectivity index (χ4v) is 2.78. The van der Waals surface area contributed by atoms with Crippen molar-refractivity contribution < 1.29 is 4.79 Å². The van der Waals surface area contributed by atoms with E-state index in [0.717, 1.165) is 25.9 Å². The van der Waals surface area contributed by atoms with Crippen LogP contribution < -0.4 is 5.32 Å². The van der Waals surface area contributed by atoms with Crippen molar-refractivity contribution in [1.82, 2.24) is 10.2 Å². The van der Waals surface area contributed by atoms with Crippen LogP contribution in [0.5, 0.6) is 0 Å². The number of amides is 1. The van der Waals surface area contributed by atoms with Crippen LogP contribution in [-0.2, 0) is 4.79 Å². The Morgan fingerprint density at radius 2 is 2.00 bits per heavy atom. The number of carbonyl (C=O) groups is 1. The summed E-state index contributed by atoms with van der Waals surface area (Å²) in [5.41, 5.74) is 0. The highest BCUT2D eigenvalue weighted by Crippen LogP contribution is 2.28. The molecule has 1 amide bonds. The molecular weight excluding hydrogens is 224 g/mol. The molecule has 1 saturated heterocycles. The molecule has 2 aliphatic rings. The van der Waals surface area contributed by atoms with Crippen LogP contribution in [0, 0.1) is 5.92 Å². The van der Waals surface area contributed by atoms with Crippen LogP contribution in [0.4, 0.5) is 0 Å². The summed E-state index contributed by atoms with van der Waals surface area (Å²) in [5, 5.41) is 3.31. The molecule has 1 atom stereocenters. The molecule has 1 aliphatic carbocycles. The van der Waals surface area contributed by atoms with Gasteiger partial charge in [0.05, 0.1) is 0 Å². The molecule has 0 aromatic carbocycles. The van der Waals surface area contributed by atoms with Crippen molar-refractivity contribution in [2.45, 2.75) is 44.6 Å². The smallest absolute Gasteiger partial charge is 0.222 e. The van der Waals surface area contributed by atoms with Crippen LogP contribution in [0.2, 0.25) is 0 Å². The monoisotopic (exact) mass is 246 g/mol. The molecule has 0 unspecified atom stereocenters. The molecule has 0 aromatic rings. The average Bonchev–Trinajstić information content (AvgIpc) is 2.88. The zero-order valence-corrected chi connectivity index (χ0v) is 10.9. The van der Waals surface area contributed by atoms with Gasteiger partial charge in [0.15, 0.2) is 0 Å². The Morgan fingerprint density at radius 1 is 1.31 bits per heavy atom. The summed E-state index contributed by atoms with van der Waals surface area (Å²) >= 11 is 0. The summed E-state index contributed by atoms with van der Waals surface area (Å²) in [5.74, 6) is 1.03. The average molecular weight is 247 g/mol. The molecule has 16 heavy (non-hydrogen) atoms. The van der Waals surface area contributed by atoms with Crippen LogP contribution in [-0.4, -0.2) is 37.0 Å². The third kappa shape index (κ3) is 3.36. The molecule has 1 aliphatic heterocycles. The summed E-state index contributed by atoms with van der Waals surface area (Å²) in [7, 11) is 1.97. The Balaban J connectivity index is 0.00000128. The molecule has 4 heteroatoms. The van der Waals surface area contributed by atoms with Gasteiger partial charge in [-0.15, -0.1) is 12.4 Å². The molecule has 1 heterocycles. The quantitative estimate of drug-likeness (QED) is 0.824. The second-order valence-electron chi connectivity index (χ2n) is 5.01. The third-order valence-electron chi connectivity index (χ3n) is 3.91. The molecule has 2 rings (SSSR count). The second-order valence-corrected chi connectivity index (χ2v) is 5.01. The van der Waals surface area contributed by atoms with E-state index in [0.29, 0.717) is 17.9 Å². The molecule has 2 fully saturated rings. The molecular formula is C12H23ClN2O. The molecule has 0 aromatic heterocycles. The van der Waals surface area contributed by atoms with E-state index in [1.807, 2.05) is 11.9 Å². The van der Waals surface area contributed by atoms with E-state index in [1.54, 1.807) is 0 Å². The number of nitrogens with zero attached hydrogens (tertiary/aromatic N) is 1. The lowest BCUT2D eigenvalue weighted by molar-refractivity contribution is -0.132. The van der Waals surface area contributed by atoms with Gasteiger partial charge in [-0.25, -0.2) is 0 Å². The number of likely N-dealkylation sites (N-methyl/N-ethyl adjacent to an activating group) is 1. The van der Waals surface area contributed by atoms with E-state index < -0.39 is 0 Å². The fourth-order valence-electron chi connectivity index (χ4n) is 2.78. The van der Waals surface area contributed by atoms with E-state index in [4.69, 9.17) is 0 Å². The maximum absolute atomic E-state index is 12.0. The number of hydrogen-bond donors (Lipinski definition) is 1. The van der Waals surface area contributed by atoms with E-state index in [-0.39, 0.29) is 12.4 Å². The second kappa shape index (κ2) is 6.45. The Kier molecular flexibility index (Phi) is 5.56. The van der Waals surface area contributed by atoms with Crippen LogP contribution in [0.15, 0.2) is 0 Å². The maximum Gasteiger partial charge on any atom is 0.222 e. The van der Waals surface area contributed by atoms with E-state index in [2.05, 4.69) is 5.32 Å². The van der Waals surface area contributed by atoms with Crippen molar-refractivity contribution >= 4 is 18.3 Å². The number of hydrogen-bond acceptors (Lipinski definition) is 2. The molecule has 1 N–H and O–H groups in total. The molecule has 1 saturated carbocycles. The van der Waals surface area contributed by atoms with Gasteiger partial charge in [-0.05, 0) is 31.7 Å². The van der Waals surface area contributed by atoms with Crippen LogP contribution >= 0.6 is 12.4 Å². The Hall–Kier alpha value is -0.280. The molecule has 0 bridgehead atoms. The van der Waals surface area contributed by atoms with Crippen molar-refractivity contribution in [3.05, 3.63) is 0 Å². The Morgan fingerprint density at radius 3 is 2.56 bits per heavy atom. The first-order chi connectivity index (χ1) is 7.27. The topological polar surface area (TPSA) is 32.3 Å². The largest absolute Gasteiger partial charge is 0.341 e. The van der Waals surface area contributed by atoms with Gasteiger partial charge in [0, 0.05) is 26.1 Å². The highest BCUT2D eigenvalue weighted by Gasteiger charge is 2.26. The van der Waals surface area contributed by atoms with Crippen molar-refractivity contribution in [3.63, 3.8) is 0 Å². The number of carbonyl (C=O) groups excluding carboxylic acids is 1. The van der Waals surface area contributed by atoms with Gasteiger partial charge >= 0.3 is 0 Å². The van der Waals surface area contributed by atoms with Gasteiger partial charge in [-0.1, -0.05) is 12.8 Å². The van der Waals surface area contributed by atoms with Crippen molar-refractivity contribution in [2.75, 3.05) is 20.1 Å². The highest BCUT2D eigenvalue weighted by molar-refractivity contribution is 5.85. The van der Waals surface area contributed by atoms with Gasteiger partial charge in [0.1, 0.15) is 0 Å². The Bertz CT molecular complexity index is 223. The Labute approximate surface area is 104 Å². The van der Waals surface area contributed by atoms with Gasteiger partial charge in [-0.3, -0.25) is 4.79 Å². The van der Waals surface area contributed by atoms with Crippen molar-refractivity contribution in [2.24, 2.45) is 5.92 Å². The lowest BCUT2D eigenvalue weighted by Crippen LogP contribution is -2.38. The molecule has 0 spiro atoms. The third-order valence-corrected chi connectivity index (χ3v) is 3.91. The van der Waals surface area contributed by atoms with Crippen molar-refractivity contribution in [3.8, 4) is 0 Å². The van der Waals surface area contributed by atoms with Gasteiger partial charge < -0.3 is 10.2 Å². The predicted molar refractivity (Wildman–Crippen MR) is 67.9 cm³/mol. The van der Waals surface area contributed by atoms with Crippen LogP contribution in [0.1, 0.15) is 38.5 Å². The predicted octanol–water partition coefficient (Wildman–Crippen LogP) is 1.81. The SMILES string of the molecule is CN(C(=O)CC1CCCC1)[C@@H]1CCNC1.Cl. The summed E-state index contributed by atoms with van der Waals surface area (Å²) in [6, 6.07) is 0.443. The summed E-state index contributed by atoms with van der Waals surface area (Å²) in [6.07, 6.45) is 7.09. The van der Waals surface area contributed by atoms with E-state index in [1.165, 1.54) is 25.7 Å². The number of nitrogens with one attached hydrogen (secondary N) is 1. The minimum atomic E-state index is 0. The lowest BCUT2D eigenvalue weighted by atomic mass is 10.0. The van der Waals surface area contributed by atoms with E-state index >= 15 is 0 Å². The summed E-state index contributed by atoms with van der Waals surface area (Å²) in [4.78, 5) is 14.0.